The molecule has 0 radical (unpaired) electrons. The molecule has 7 nitrogen and oxygen atoms in total. The Morgan fingerprint density at radius 2 is 1.96 bits per heavy atom. The molecule has 2 aromatic carbocycles. The fourth-order valence-corrected chi connectivity index (χ4v) is 3.48. The SMILES string of the molecule is Cc1cc(=O)[nH]c(CNC(=O)[C@H](C)N2C(=O)c3cccc4cccc2c34)n1. The van der Waals surface area contributed by atoms with E-state index in [0.717, 1.165) is 16.5 Å². The van der Waals surface area contributed by atoms with Crippen LogP contribution in [-0.4, -0.2) is 27.8 Å². The lowest BCUT2D eigenvalue weighted by atomic mass is 10.1. The molecule has 0 aliphatic carbocycles. The topological polar surface area (TPSA) is 95.2 Å². The molecule has 1 atom stereocenters. The third-order valence-electron chi connectivity index (χ3n) is 4.71. The van der Waals surface area contributed by atoms with Crippen LogP contribution in [-0.2, 0) is 11.3 Å². The van der Waals surface area contributed by atoms with Crippen molar-refractivity contribution in [3.8, 4) is 0 Å². The second-order valence-corrected chi connectivity index (χ2v) is 6.58. The first-order chi connectivity index (χ1) is 13.0. The molecular formula is C20H18N4O3. The van der Waals surface area contributed by atoms with Gasteiger partial charge in [0.1, 0.15) is 11.9 Å². The van der Waals surface area contributed by atoms with E-state index in [1.807, 2.05) is 30.3 Å². The number of nitrogens with zero attached hydrogens (tertiary/aromatic N) is 2. The molecule has 7 heteroatoms. The number of aromatic amines is 1. The molecule has 1 aliphatic heterocycles. The number of H-pyrrole nitrogens is 1. The number of amides is 2. The second kappa shape index (κ2) is 6.35. The number of nitrogens with one attached hydrogen (secondary N) is 2. The van der Waals surface area contributed by atoms with Crippen LogP contribution in [0.3, 0.4) is 0 Å². The number of carbonyl (C=O) groups is 2. The van der Waals surface area contributed by atoms with Crippen molar-refractivity contribution in [2.75, 3.05) is 4.90 Å². The molecule has 3 aromatic rings. The van der Waals surface area contributed by atoms with Gasteiger partial charge >= 0.3 is 0 Å². The maximum absolute atomic E-state index is 12.9. The van der Waals surface area contributed by atoms with Crippen molar-refractivity contribution in [3.63, 3.8) is 0 Å². The van der Waals surface area contributed by atoms with Gasteiger partial charge in [0.05, 0.1) is 12.2 Å². The molecule has 4 rings (SSSR count). The molecule has 2 amide bonds. The third-order valence-corrected chi connectivity index (χ3v) is 4.71. The number of aryl methyl sites for hydroxylation is 1. The summed E-state index contributed by atoms with van der Waals surface area (Å²) < 4.78 is 0. The highest BCUT2D eigenvalue weighted by atomic mass is 16.2. The maximum atomic E-state index is 12.9. The highest BCUT2D eigenvalue weighted by Gasteiger charge is 2.35. The minimum atomic E-state index is -0.702. The maximum Gasteiger partial charge on any atom is 0.259 e. The molecule has 27 heavy (non-hydrogen) atoms. The zero-order valence-electron chi connectivity index (χ0n) is 14.9. The van der Waals surface area contributed by atoms with Crippen LogP contribution in [0.25, 0.3) is 10.8 Å². The van der Waals surface area contributed by atoms with Crippen molar-refractivity contribution >= 4 is 28.3 Å². The molecule has 0 spiro atoms. The van der Waals surface area contributed by atoms with Crippen LogP contribution in [0.15, 0.2) is 47.3 Å². The predicted octanol–water partition coefficient (Wildman–Crippen LogP) is 1.90. The number of rotatable bonds is 4. The monoisotopic (exact) mass is 362 g/mol. The van der Waals surface area contributed by atoms with Gasteiger partial charge in [-0.3, -0.25) is 19.3 Å². The summed E-state index contributed by atoms with van der Waals surface area (Å²) in [5.41, 5.74) is 1.65. The van der Waals surface area contributed by atoms with Gasteiger partial charge in [0.15, 0.2) is 0 Å². The van der Waals surface area contributed by atoms with Crippen LogP contribution in [0.2, 0.25) is 0 Å². The Morgan fingerprint density at radius 3 is 2.70 bits per heavy atom. The van der Waals surface area contributed by atoms with Crippen molar-refractivity contribution in [3.05, 3.63) is 69.9 Å². The Hall–Kier alpha value is -3.48. The highest BCUT2D eigenvalue weighted by molar-refractivity contribution is 6.26. The summed E-state index contributed by atoms with van der Waals surface area (Å²) in [5, 5.41) is 4.58. The number of carbonyl (C=O) groups excluding carboxylic acids is 2. The molecular weight excluding hydrogens is 344 g/mol. The lowest BCUT2D eigenvalue weighted by Crippen LogP contribution is -2.46. The Bertz CT molecular complexity index is 1130. The molecule has 1 aromatic heterocycles. The Kier molecular flexibility index (Phi) is 3.99. The van der Waals surface area contributed by atoms with Crippen LogP contribution in [0, 0.1) is 6.92 Å². The van der Waals surface area contributed by atoms with Gasteiger partial charge in [0, 0.05) is 22.7 Å². The smallest absolute Gasteiger partial charge is 0.259 e. The van der Waals surface area contributed by atoms with Gasteiger partial charge in [0.2, 0.25) is 5.91 Å². The first kappa shape index (κ1) is 17.0. The Morgan fingerprint density at radius 1 is 1.22 bits per heavy atom. The average Bonchev–Trinajstić information content (AvgIpc) is 2.93. The van der Waals surface area contributed by atoms with E-state index in [1.54, 1.807) is 19.9 Å². The molecule has 0 bridgehead atoms. The summed E-state index contributed by atoms with van der Waals surface area (Å²) in [6, 6.07) is 11.9. The molecule has 1 aliphatic rings. The molecule has 136 valence electrons. The first-order valence-corrected chi connectivity index (χ1v) is 8.65. The van der Waals surface area contributed by atoms with Gasteiger partial charge in [-0.1, -0.05) is 24.3 Å². The average molecular weight is 362 g/mol. The third kappa shape index (κ3) is 2.87. The van der Waals surface area contributed by atoms with E-state index in [1.165, 1.54) is 11.0 Å². The summed E-state index contributed by atoms with van der Waals surface area (Å²) >= 11 is 0. The predicted molar refractivity (Wildman–Crippen MR) is 102 cm³/mol. The van der Waals surface area contributed by atoms with Gasteiger partial charge in [-0.2, -0.15) is 0 Å². The zero-order chi connectivity index (χ0) is 19.1. The minimum Gasteiger partial charge on any atom is -0.347 e. The van der Waals surface area contributed by atoms with E-state index in [0.29, 0.717) is 17.1 Å². The van der Waals surface area contributed by atoms with Crippen LogP contribution in [0.4, 0.5) is 5.69 Å². The summed E-state index contributed by atoms with van der Waals surface area (Å²) in [6.45, 7) is 3.48. The van der Waals surface area contributed by atoms with Gasteiger partial charge < -0.3 is 10.3 Å². The molecule has 0 unspecified atom stereocenters. The summed E-state index contributed by atoms with van der Waals surface area (Å²) in [4.78, 5) is 45.3. The normalized spacial score (nSPS) is 13.9. The van der Waals surface area contributed by atoms with E-state index in [9.17, 15) is 14.4 Å². The van der Waals surface area contributed by atoms with E-state index in [-0.39, 0.29) is 23.9 Å². The largest absolute Gasteiger partial charge is 0.347 e. The minimum absolute atomic E-state index is 0.0826. The summed E-state index contributed by atoms with van der Waals surface area (Å²) in [7, 11) is 0. The van der Waals surface area contributed by atoms with Gasteiger partial charge in [-0.15, -0.1) is 0 Å². The number of benzene rings is 2. The van der Waals surface area contributed by atoms with Gasteiger partial charge in [0.25, 0.3) is 11.5 Å². The Labute approximate surface area is 155 Å². The Balaban J connectivity index is 1.57. The number of aromatic nitrogens is 2. The van der Waals surface area contributed by atoms with Crippen LogP contribution in [0.5, 0.6) is 0 Å². The summed E-state index contributed by atoms with van der Waals surface area (Å²) in [6.07, 6.45) is 0. The van der Waals surface area contributed by atoms with Crippen LogP contribution >= 0.6 is 0 Å². The number of anilines is 1. The molecule has 0 fully saturated rings. The van der Waals surface area contributed by atoms with Crippen molar-refractivity contribution in [1.29, 1.82) is 0 Å². The first-order valence-electron chi connectivity index (χ1n) is 8.65. The molecule has 2 N–H and O–H groups in total. The molecule has 0 saturated heterocycles. The van der Waals surface area contributed by atoms with Crippen LogP contribution < -0.4 is 15.8 Å². The molecule has 0 saturated carbocycles. The second-order valence-electron chi connectivity index (χ2n) is 6.58. The zero-order valence-corrected chi connectivity index (χ0v) is 14.9. The van der Waals surface area contributed by atoms with Gasteiger partial charge in [-0.05, 0) is 31.4 Å². The lowest BCUT2D eigenvalue weighted by molar-refractivity contribution is -0.122. The summed E-state index contributed by atoms with van der Waals surface area (Å²) in [5.74, 6) is -0.137. The van der Waals surface area contributed by atoms with E-state index < -0.39 is 6.04 Å². The van der Waals surface area contributed by atoms with Crippen molar-refractivity contribution < 1.29 is 9.59 Å². The fraction of sp³-hybridized carbons (Fsp3) is 0.200. The molecule has 2 heterocycles. The van der Waals surface area contributed by atoms with E-state index in [2.05, 4.69) is 15.3 Å². The quantitative estimate of drug-likeness (QED) is 0.741. The highest BCUT2D eigenvalue weighted by Crippen LogP contribution is 2.38. The van der Waals surface area contributed by atoms with Crippen molar-refractivity contribution in [2.45, 2.75) is 26.4 Å². The van der Waals surface area contributed by atoms with E-state index in [4.69, 9.17) is 0 Å². The number of hydrogen-bond acceptors (Lipinski definition) is 4. The van der Waals surface area contributed by atoms with Gasteiger partial charge in [-0.25, -0.2) is 4.98 Å². The van der Waals surface area contributed by atoms with E-state index >= 15 is 0 Å². The standard InChI is InChI=1S/C20H18N4O3/c1-11-9-17(25)23-16(22-11)10-21-19(26)12(2)24-15-8-4-6-13-5-3-7-14(18(13)15)20(24)27/h3-9,12H,10H2,1-2H3,(H,21,26)(H,22,23,25)/t12-/m0/s1. The van der Waals surface area contributed by atoms with Crippen molar-refractivity contribution in [2.24, 2.45) is 0 Å². The number of hydrogen-bond donors (Lipinski definition) is 2. The lowest BCUT2D eigenvalue weighted by Gasteiger charge is -2.24. The van der Waals surface area contributed by atoms with Crippen LogP contribution in [0.1, 0.15) is 28.8 Å². The fourth-order valence-electron chi connectivity index (χ4n) is 3.48. The van der Waals surface area contributed by atoms with Crippen molar-refractivity contribution in [1.82, 2.24) is 15.3 Å².